The number of carbonyl (C=O) groups excluding carboxylic acids is 1. The van der Waals surface area contributed by atoms with Crippen LogP contribution in [0.15, 0.2) is 53.1 Å². The van der Waals surface area contributed by atoms with Gasteiger partial charge in [0.15, 0.2) is 5.65 Å². The molecule has 0 amide bonds. The molecule has 1 unspecified atom stereocenters. The van der Waals surface area contributed by atoms with Gasteiger partial charge in [0.05, 0.1) is 23.6 Å². The van der Waals surface area contributed by atoms with Gasteiger partial charge in [-0.3, -0.25) is 0 Å². The fraction of sp³-hybridized carbons (Fsp3) is 0.211. The molecule has 9 heteroatoms. The van der Waals surface area contributed by atoms with Crippen LogP contribution in [0.4, 0.5) is 0 Å². The fourth-order valence-corrected chi connectivity index (χ4v) is 3.44. The van der Waals surface area contributed by atoms with E-state index in [1.165, 1.54) is 0 Å². The summed E-state index contributed by atoms with van der Waals surface area (Å²) in [6, 6.07) is 11.5. The van der Waals surface area contributed by atoms with Gasteiger partial charge in [-0.25, -0.2) is 4.79 Å². The molecule has 1 aliphatic rings. The molecule has 3 heterocycles. The number of nitriles is 1. The lowest BCUT2D eigenvalue weighted by Gasteiger charge is -2.27. The lowest BCUT2D eigenvalue weighted by Crippen LogP contribution is -2.26. The van der Waals surface area contributed by atoms with Crippen molar-refractivity contribution in [3.8, 4) is 6.07 Å². The number of aromatic nitrogens is 4. The highest BCUT2D eigenvalue weighted by molar-refractivity contribution is 5.94. The zero-order chi connectivity index (χ0) is 19.8. The number of benzene rings is 1. The lowest BCUT2D eigenvalue weighted by molar-refractivity contribution is -0.139. The van der Waals surface area contributed by atoms with Gasteiger partial charge in [-0.15, -0.1) is 5.10 Å². The number of nitrogens with two attached hydrogens (primary N) is 1. The summed E-state index contributed by atoms with van der Waals surface area (Å²) in [7, 11) is 0. The summed E-state index contributed by atoms with van der Waals surface area (Å²) in [6.45, 7) is 3.50. The van der Waals surface area contributed by atoms with E-state index in [-0.39, 0.29) is 29.4 Å². The van der Waals surface area contributed by atoms with E-state index in [4.69, 9.17) is 15.2 Å². The van der Waals surface area contributed by atoms with E-state index in [9.17, 15) is 10.1 Å². The summed E-state index contributed by atoms with van der Waals surface area (Å²) in [5, 5.41) is 22.5. The molecule has 2 aromatic heterocycles. The number of nitrogens with zero attached hydrogens (tertiary/aromatic N) is 5. The molecule has 0 saturated carbocycles. The standard InChI is InChI=1S/C19H16N6O3/c1-3-27-19(26)15-10(2)28-17(21)13(9-20)16(15)12-8-11-6-4-5-7-14(11)25-18(12)22-23-24-25/h4-8,16H,3,21H2,1-2H3. The number of carbonyl (C=O) groups is 1. The number of esters is 1. The normalized spacial score (nSPS) is 17.0. The maximum Gasteiger partial charge on any atom is 0.338 e. The maximum absolute atomic E-state index is 12.7. The van der Waals surface area contributed by atoms with Gasteiger partial charge in [0.2, 0.25) is 5.88 Å². The molecule has 0 bridgehead atoms. The van der Waals surface area contributed by atoms with Gasteiger partial charge in [0.25, 0.3) is 0 Å². The minimum atomic E-state index is -0.809. The van der Waals surface area contributed by atoms with Gasteiger partial charge >= 0.3 is 5.97 Å². The second-order valence-electron chi connectivity index (χ2n) is 6.19. The Morgan fingerprint density at radius 1 is 1.43 bits per heavy atom. The largest absolute Gasteiger partial charge is 0.463 e. The molecule has 0 saturated heterocycles. The predicted octanol–water partition coefficient (Wildman–Crippen LogP) is 1.92. The Morgan fingerprint density at radius 2 is 2.21 bits per heavy atom. The first-order valence-electron chi connectivity index (χ1n) is 8.62. The lowest BCUT2D eigenvalue weighted by atomic mass is 9.83. The molecular formula is C19H16N6O3. The first-order chi connectivity index (χ1) is 13.6. The Labute approximate surface area is 159 Å². The van der Waals surface area contributed by atoms with E-state index in [1.807, 2.05) is 30.3 Å². The van der Waals surface area contributed by atoms with Crippen molar-refractivity contribution in [3.63, 3.8) is 0 Å². The predicted molar refractivity (Wildman–Crippen MR) is 98.3 cm³/mol. The summed E-state index contributed by atoms with van der Waals surface area (Å²) >= 11 is 0. The Morgan fingerprint density at radius 3 is 2.96 bits per heavy atom. The summed E-state index contributed by atoms with van der Waals surface area (Å²) in [5.41, 5.74) is 8.05. The molecule has 0 spiro atoms. The minimum absolute atomic E-state index is 0.0585. The van der Waals surface area contributed by atoms with Crippen molar-refractivity contribution in [2.24, 2.45) is 5.73 Å². The monoisotopic (exact) mass is 376 g/mol. The van der Waals surface area contributed by atoms with Crippen molar-refractivity contribution in [2.75, 3.05) is 6.61 Å². The molecular weight excluding hydrogens is 360 g/mol. The van der Waals surface area contributed by atoms with E-state index in [0.29, 0.717) is 11.2 Å². The zero-order valence-electron chi connectivity index (χ0n) is 15.2. The fourth-order valence-electron chi connectivity index (χ4n) is 3.44. The third kappa shape index (κ3) is 2.54. The number of rotatable bonds is 3. The molecule has 1 aliphatic heterocycles. The highest BCUT2D eigenvalue weighted by atomic mass is 16.5. The minimum Gasteiger partial charge on any atom is -0.463 e. The van der Waals surface area contributed by atoms with Crippen LogP contribution in [0.25, 0.3) is 16.6 Å². The summed E-state index contributed by atoms with van der Waals surface area (Å²) < 4.78 is 12.2. The van der Waals surface area contributed by atoms with Gasteiger partial charge in [-0.05, 0) is 36.4 Å². The van der Waals surface area contributed by atoms with Crippen LogP contribution < -0.4 is 5.73 Å². The summed E-state index contributed by atoms with van der Waals surface area (Å²) in [6.07, 6.45) is 0. The van der Waals surface area contributed by atoms with Crippen LogP contribution in [0.1, 0.15) is 25.3 Å². The third-order valence-electron chi connectivity index (χ3n) is 4.62. The van der Waals surface area contributed by atoms with E-state index in [0.717, 1.165) is 10.9 Å². The summed E-state index contributed by atoms with van der Waals surface area (Å²) in [5.74, 6) is -1.17. The molecule has 140 valence electrons. The molecule has 1 aromatic carbocycles. The first kappa shape index (κ1) is 17.5. The number of fused-ring (bicyclic) bond motifs is 3. The Kier molecular flexibility index (Phi) is 4.16. The molecule has 0 aliphatic carbocycles. The second-order valence-corrected chi connectivity index (χ2v) is 6.19. The number of ether oxygens (including phenoxy) is 2. The Balaban J connectivity index is 2.05. The van der Waals surface area contributed by atoms with Gasteiger partial charge < -0.3 is 15.2 Å². The number of pyridine rings is 1. The van der Waals surface area contributed by atoms with Crippen LogP contribution in [0.5, 0.6) is 0 Å². The third-order valence-corrected chi connectivity index (χ3v) is 4.62. The average molecular weight is 376 g/mol. The van der Waals surface area contributed by atoms with E-state index >= 15 is 0 Å². The average Bonchev–Trinajstić information content (AvgIpc) is 3.17. The first-order valence-corrected chi connectivity index (χ1v) is 8.62. The highest BCUT2D eigenvalue weighted by Crippen LogP contribution is 2.41. The Bertz CT molecular complexity index is 1220. The maximum atomic E-state index is 12.7. The molecule has 9 nitrogen and oxygen atoms in total. The topological polar surface area (TPSA) is 128 Å². The number of hydrogen-bond donors (Lipinski definition) is 1. The van der Waals surface area contributed by atoms with Gasteiger partial charge in [-0.2, -0.15) is 9.78 Å². The molecule has 0 fully saturated rings. The van der Waals surface area contributed by atoms with Crippen molar-refractivity contribution in [2.45, 2.75) is 19.8 Å². The van der Waals surface area contributed by atoms with Crippen molar-refractivity contribution in [1.82, 2.24) is 20.0 Å². The van der Waals surface area contributed by atoms with Crippen LogP contribution in [-0.4, -0.2) is 32.6 Å². The van der Waals surface area contributed by atoms with Gasteiger partial charge in [-0.1, -0.05) is 18.2 Å². The van der Waals surface area contributed by atoms with E-state index in [1.54, 1.807) is 18.4 Å². The SMILES string of the molecule is CCOC(=O)C1=C(C)OC(N)=C(C#N)C1c1cc2ccccc2n2nnnc12. The van der Waals surface area contributed by atoms with Gasteiger partial charge in [0, 0.05) is 10.9 Å². The van der Waals surface area contributed by atoms with Crippen LogP contribution in [0.2, 0.25) is 0 Å². The van der Waals surface area contributed by atoms with E-state index in [2.05, 4.69) is 21.6 Å². The van der Waals surface area contributed by atoms with E-state index < -0.39 is 11.9 Å². The molecule has 4 rings (SSSR count). The Hall–Kier alpha value is -3.93. The van der Waals surface area contributed by atoms with Crippen LogP contribution in [0, 0.1) is 11.3 Å². The van der Waals surface area contributed by atoms with Crippen molar-refractivity contribution < 1.29 is 14.3 Å². The van der Waals surface area contributed by atoms with Crippen LogP contribution in [-0.2, 0) is 14.3 Å². The van der Waals surface area contributed by atoms with Crippen molar-refractivity contribution >= 4 is 22.5 Å². The molecule has 1 atom stereocenters. The van der Waals surface area contributed by atoms with Gasteiger partial charge in [0.1, 0.15) is 17.4 Å². The number of hydrogen-bond acceptors (Lipinski definition) is 8. The smallest absolute Gasteiger partial charge is 0.338 e. The molecule has 3 aromatic rings. The van der Waals surface area contributed by atoms with Crippen molar-refractivity contribution in [1.29, 1.82) is 5.26 Å². The quantitative estimate of drug-likeness (QED) is 0.687. The number of para-hydroxylation sites is 1. The summed E-state index contributed by atoms with van der Waals surface area (Å²) in [4.78, 5) is 12.7. The zero-order valence-corrected chi connectivity index (χ0v) is 15.2. The molecule has 0 radical (unpaired) electrons. The number of allylic oxidation sites excluding steroid dienone is 2. The second kappa shape index (κ2) is 6.66. The van der Waals surface area contributed by atoms with Crippen LogP contribution in [0.3, 0.4) is 0 Å². The molecule has 28 heavy (non-hydrogen) atoms. The number of tetrazole rings is 1. The van der Waals surface area contributed by atoms with Crippen LogP contribution >= 0.6 is 0 Å². The van der Waals surface area contributed by atoms with Crippen molar-refractivity contribution in [3.05, 3.63) is 58.7 Å². The highest BCUT2D eigenvalue weighted by Gasteiger charge is 2.38. The molecule has 2 N–H and O–H groups in total.